The molecule has 0 aliphatic carbocycles. The van der Waals surface area contributed by atoms with E-state index < -0.39 is 0 Å². The van der Waals surface area contributed by atoms with Gasteiger partial charge in [0.1, 0.15) is 0 Å². The Kier molecular flexibility index (Phi) is 7.56. The van der Waals surface area contributed by atoms with Crippen LogP contribution in [0.3, 0.4) is 0 Å². The number of hydrogen-bond donors (Lipinski definition) is 0. The quantitative estimate of drug-likeness (QED) is 0.487. The molecule has 7 heavy (non-hydrogen) atoms. The molecule has 0 N–H and O–H groups in total. The second-order valence-electron chi connectivity index (χ2n) is 0.533. The molecule has 0 radical (unpaired) electrons. The molecule has 1 aliphatic heterocycles. The zero-order valence-corrected chi connectivity index (χ0v) is 6.83. The van der Waals surface area contributed by atoms with Crippen molar-refractivity contribution in [1.29, 1.82) is 0 Å². The van der Waals surface area contributed by atoms with Crippen LogP contribution < -0.4 is 0 Å². The normalized spacial score (nSPS) is 15.7. The summed E-state index contributed by atoms with van der Waals surface area (Å²) < 4.78 is 0. The fourth-order valence-corrected chi connectivity index (χ4v) is 3.06. The predicted octanol–water partition coefficient (Wildman–Crippen LogP) is 3.53. The zero-order chi connectivity index (χ0) is 5.54. The van der Waals surface area contributed by atoms with Gasteiger partial charge in [-0.3, -0.25) is 0 Å². The lowest BCUT2D eigenvalue weighted by Crippen LogP contribution is -1.12. The van der Waals surface area contributed by atoms with Crippen molar-refractivity contribution >= 4 is 31.4 Å². The summed E-state index contributed by atoms with van der Waals surface area (Å²) in [5.74, 6) is 0. The lowest BCUT2D eigenvalue weighted by atomic mass is 11.0. The van der Waals surface area contributed by atoms with Crippen LogP contribution in [0.1, 0.15) is 13.8 Å². The van der Waals surface area contributed by atoms with Gasteiger partial charge in [0.05, 0.1) is 0 Å². The monoisotopic (exact) mass is 152 g/mol. The van der Waals surface area contributed by atoms with Crippen molar-refractivity contribution in [2.45, 2.75) is 13.8 Å². The fraction of sp³-hybridized carbons (Fsp3) is 0.500. The smallest absolute Gasteiger partial charge is 0.0101 e. The van der Waals surface area contributed by atoms with Gasteiger partial charge in [-0.2, -0.15) is 0 Å². The second kappa shape index (κ2) is 6.79. The van der Waals surface area contributed by atoms with E-state index in [-0.39, 0.29) is 0 Å². The van der Waals surface area contributed by atoms with Crippen molar-refractivity contribution in [2.24, 2.45) is 0 Å². The molecular weight excluding hydrogens is 144 g/mol. The van der Waals surface area contributed by atoms with E-state index in [2.05, 4.69) is 10.8 Å². The Morgan fingerprint density at radius 2 is 1.43 bits per heavy atom. The standard InChI is InChI=1S/C2H2S3.C2H6/c1-2-4-5-3-1;1-2/h1-2H;1-2H3. The minimum absolute atomic E-state index is 1.77. The van der Waals surface area contributed by atoms with E-state index in [1.165, 1.54) is 0 Å². The highest BCUT2D eigenvalue weighted by Gasteiger charge is 1.87. The molecule has 0 saturated heterocycles. The maximum absolute atomic E-state index is 2.08. The maximum Gasteiger partial charge on any atom is -0.0101 e. The summed E-state index contributed by atoms with van der Waals surface area (Å²) in [6.07, 6.45) is 0. The minimum atomic E-state index is 1.77. The molecule has 42 valence electrons. The first kappa shape index (κ1) is 7.79. The van der Waals surface area contributed by atoms with Crippen molar-refractivity contribution < 1.29 is 0 Å². The van der Waals surface area contributed by atoms with Crippen LogP contribution in [-0.4, -0.2) is 0 Å². The van der Waals surface area contributed by atoms with Gasteiger partial charge in [-0.25, -0.2) is 0 Å². The van der Waals surface area contributed by atoms with E-state index >= 15 is 0 Å². The molecule has 0 aromatic heterocycles. The third kappa shape index (κ3) is 4.65. The Labute approximate surface area is 56.3 Å². The first-order valence-corrected chi connectivity index (χ1v) is 5.75. The van der Waals surface area contributed by atoms with Crippen molar-refractivity contribution in [2.75, 3.05) is 0 Å². The molecule has 0 unspecified atom stereocenters. The highest BCUT2D eigenvalue weighted by molar-refractivity contribution is 9.11. The zero-order valence-electron chi connectivity index (χ0n) is 4.38. The Balaban J connectivity index is 0.000000162. The third-order valence-electron chi connectivity index (χ3n) is 0.245. The van der Waals surface area contributed by atoms with Gasteiger partial charge in [0.15, 0.2) is 0 Å². The molecule has 0 nitrogen and oxygen atoms in total. The van der Waals surface area contributed by atoms with Gasteiger partial charge in [-0.1, -0.05) is 35.4 Å². The SMILES string of the molecule is C1=CSSS1.CC. The molecule has 0 aromatic carbocycles. The Morgan fingerprint density at radius 3 is 1.57 bits per heavy atom. The molecule has 0 spiro atoms. The van der Waals surface area contributed by atoms with Gasteiger partial charge in [0, 0.05) is 0 Å². The highest BCUT2D eigenvalue weighted by atomic mass is 33.5. The molecule has 1 heterocycles. The molecule has 0 amide bonds. The van der Waals surface area contributed by atoms with Crippen LogP contribution in [0.4, 0.5) is 0 Å². The molecule has 0 fully saturated rings. The molecular formula is C4H8S3. The minimum Gasteiger partial charge on any atom is -0.0683 e. The van der Waals surface area contributed by atoms with Crippen LogP contribution in [0.25, 0.3) is 0 Å². The van der Waals surface area contributed by atoms with Gasteiger partial charge in [0.25, 0.3) is 0 Å². The lowest BCUT2D eigenvalue weighted by molar-refractivity contribution is 1.50. The lowest BCUT2D eigenvalue weighted by Gasteiger charge is -1.68. The van der Waals surface area contributed by atoms with Gasteiger partial charge in [-0.05, 0) is 20.6 Å². The second-order valence-corrected chi connectivity index (χ2v) is 4.39. The Bertz CT molecular complexity index is 44.9. The predicted molar refractivity (Wildman–Crippen MR) is 43.3 cm³/mol. The Hall–Kier alpha value is 0.790. The van der Waals surface area contributed by atoms with E-state index in [4.69, 9.17) is 0 Å². The average Bonchev–Trinajstić information content (AvgIpc) is 2.23. The molecule has 0 atom stereocenters. The van der Waals surface area contributed by atoms with E-state index in [0.717, 1.165) is 0 Å². The van der Waals surface area contributed by atoms with Crippen LogP contribution in [-0.2, 0) is 0 Å². The maximum atomic E-state index is 2.08. The van der Waals surface area contributed by atoms with Crippen molar-refractivity contribution in [3.05, 3.63) is 10.8 Å². The fourth-order valence-electron chi connectivity index (χ4n) is 0.113. The van der Waals surface area contributed by atoms with E-state index in [1.807, 2.05) is 13.8 Å². The number of rotatable bonds is 0. The first-order chi connectivity index (χ1) is 3.50. The summed E-state index contributed by atoms with van der Waals surface area (Å²) in [6.45, 7) is 4.00. The third-order valence-corrected chi connectivity index (χ3v) is 3.62. The van der Waals surface area contributed by atoms with Crippen LogP contribution >= 0.6 is 31.4 Å². The van der Waals surface area contributed by atoms with Gasteiger partial charge >= 0.3 is 0 Å². The molecule has 0 aromatic rings. The summed E-state index contributed by atoms with van der Waals surface area (Å²) in [5.41, 5.74) is 0. The van der Waals surface area contributed by atoms with E-state index in [0.29, 0.717) is 0 Å². The summed E-state index contributed by atoms with van der Waals surface area (Å²) in [4.78, 5) is 0. The molecule has 0 saturated carbocycles. The molecule has 1 rings (SSSR count). The van der Waals surface area contributed by atoms with Crippen LogP contribution in [0.5, 0.6) is 0 Å². The topological polar surface area (TPSA) is 0 Å². The average molecular weight is 152 g/mol. The summed E-state index contributed by atoms with van der Waals surface area (Å²) in [7, 11) is 5.34. The van der Waals surface area contributed by atoms with Crippen LogP contribution in [0.2, 0.25) is 0 Å². The molecule has 3 heteroatoms. The van der Waals surface area contributed by atoms with Gasteiger partial charge in [0.2, 0.25) is 0 Å². The van der Waals surface area contributed by atoms with Crippen molar-refractivity contribution in [3.63, 3.8) is 0 Å². The summed E-state index contributed by atoms with van der Waals surface area (Å²) in [5, 5.41) is 4.16. The van der Waals surface area contributed by atoms with Gasteiger partial charge < -0.3 is 0 Å². The van der Waals surface area contributed by atoms with Crippen LogP contribution in [0, 0.1) is 0 Å². The summed E-state index contributed by atoms with van der Waals surface area (Å²) in [6, 6.07) is 0. The highest BCUT2D eigenvalue weighted by Crippen LogP contribution is 2.42. The van der Waals surface area contributed by atoms with E-state index in [9.17, 15) is 0 Å². The Morgan fingerprint density at radius 1 is 1.00 bits per heavy atom. The number of hydrogen-bond acceptors (Lipinski definition) is 3. The summed E-state index contributed by atoms with van der Waals surface area (Å²) >= 11 is 0. The van der Waals surface area contributed by atoms with Crippen molar-refractivity contribution in [1.82, 2.24) is 0 Å². The van der Waals surface area contributed by atoms with E-state index in [1.54, 1.807) is 31.4 Å². The first-order valence-electron chi connectivity index (χ1n) is 2.14. The van der Waals surface area contributed by atoms with Gasteiger partial charge in [-0.15, -0.1) is 0 Å². The molecule has 0 bridgehead atoms. The van der Waals surface area contributed by atoms with Crippen LogP contribution in [0.15, 0.2) is 10.8 Å². The largest absolute Gasteiger partial charge is 0.0683 e. The molecule has 1 aliphatic rings. The van der Waals surface area contributed by atoms with Crippen molar-refractivity contribution in [3.8, 4) is 0 Å².